The maximum absolute atomic E-state index is 14.2. The highest BCUT2D eigenvalue weighted by molar-refractivity contribution is 5.95. The molecule has 6 aliphatic carbocycles. The summed E-state index contributed by atoms with van der Waals surface area (Å²) in [6.45, 7) is 15.8. The molecule has 10 unspecified atom stereocenters. The summed E-state index contributed by atoms with van der Waals surface area (Å²) in [7, 11) is 0. The van der Waals surface area contributed by atoms with Crippen molar-refractivity contribution in [3.8, 4) is 0 Å². The molecule has 0 aliphatic heterocycles. The Bertz CT molecular complexity index is 1410. The van der Waals surface area contributed by atoms with E-state index in [-0.39, 0.29) is 50.8 Å². The Kier molecular flexibility index (Phi) is 13.5. The van der Waals surface area contributed by atoms with Gasteiger partial charge in [0.15, 0.2) is 5.78 Å². The van der Waals surface area contributed by atoms with Crippen LogP contribution in [0, 0.1) is 56.2 Å². The van der Waals surface area contributed by atoms with Crippen LogP contribution in [-0.2, 0) is 14.4 Å². The fraction of sp³-hybridized carbons (Fsp3) is 0.854. The number of fused-ring (bicyclic) bond motifs is 7. The molecule has 4 fully saturated rings. The molecule has 306 valence electrons. The molecular formula is C48H78O6. The average Bonchev–Trinajstić information content (AvgIpc) is 3.62. The molecule has 0 aromatic rings. The zero-order chi connectivity index (χ0) is 39.6. The standard InChI is InChI=1S/C30H46O4.C18H32O2/c1-25(2)21-8-11-30(7)23(28(21,5)10-9-22(25)32)20(31)16-18-19-17-27(4,24(33)34)13-12-26(19,3)14-15-29(18,30)6;19-18(20)16-10-8-6-4-2-1-3-5-7-9-13-17-14-11-12-15-17/h16,19,21-23,32H,8-15,17H2,1-7H3,(H,33,34);11,14,17H,1-10,12-13,15-16H2,(H,19,20). The molecule has 0 aromatic heterocycles. The van der Waals surface area contributed by atoms with Crippen LogP contribution < -0.4 is 0 Å². The maximum atomic E-state index is 14.2. The molecule has 10 atom stereocenters. The monoisotopic (exact) mass is 751 g/mol. The average molecular weight is 751 g/mol. The van der Waals surface area contributed by atoms with Crippen molar-refractivity contribution in [1.29, 1.82) is 0 Å². The molecule has 6 aliphatic rings. The van der Waals surface area contributed by atoms with Crippen LogP contribution in [0.5, 0.6) is 0 Å². The van der Waals surface area contributed by atoms with Crippen LogP contribution in [0.4, 0.5) is 0 Å². The van der Waals surface area contributed by atoms with E-state index in [1.54, 1.807) is 0 Å². The topological polar surface area (TPSA) is 112 Å². The molecular weight excluding hydrogens is 673 g/mol. The quantitative estimate of drug-likeness (QED) is 0.120. The number of ketones is 1. The van der Waals surface area contributed by atoms with Crippen LogP contribution in [0.3, 0.4) is 0 Å². The first-order valence-electron chi connectivity index (χ1n) is 22.4. The highest BCUT2D eigenvalue weighted by Gasteiger charge is 2.70. The Labute approximate surface area is 328 Å². The van der Waals surface area contributed by atoms with Crippen molar-refractivity contribution in [2.45, 2.75) is 202 Å². The smallest absolute Gasteiger partial charge is 0.309 e. The Hall–Kier alpha value is -1.95. The van der Waals surface area contributed by atoms with Crippen molar-refractivity contribution in [2.24, 2.45) is 56.2 Å². The number of aliphatic hydroxyl groups excluding tert-OH is 1. The van der Waals surface area contributed by atoms with Gasteiger partial charge in [-0.2, -0.15) is 0 Å². The summed E-state index contributed by atoms with van der Waals surface area (Å²) in [6, 6.07) is 0. The molecule has 54 heavy (non-hydrogen) atoms. The molecule has 6 rings (SSSR count). The molecule has 0 amide bonds. The molecule has 4 saturated carbocycles. The van der Waals surface area contributed by atoms with Gasteiger partial charge in [-0.25, -0.2) is 0 Å². The first kappa shape index (κ1) is 43.2. The minimum absolute atomic E-state index is 0.0296. The predicted octanol–water partition coefficient (Wildman–Crippen LogP) is 12.1. The van der Waals surface area contributed by atoms with E-state index in [0.29, 0.717) is 18.8 Å². The normalized spacial score (nSPS) is 40.6. The second kappa shape index (κ2) is 16.9. The highest BCUT2D eigenvalue weighted by Crippen LogP contribution is 2.75. The Balaban J connectivity index is 0.000000241. The van der Waals surface area contributed by atoms with Gasteiger partial charge in [-0.1, -0.05) is 117 Å². The Morgan fingerprint density at radius 2 is 1.35 bits per heavy atom. The first-order valence-corrected chi connectivity index (χ1v) is 22.4. The SMILES string of the molecule is CC1(C(=O)O)CCC2(C)CCC3(C)C(=CC(=O)C4C5(C)CCC(O)C(C)(C)C5CCC43C)C2C1.O=C(O)CCCCCCCCCCCCC1C=CCC1. The fourth-order valence-corrected chi connectivity index (χ4v) is 13.4. The number of aliphatic hydroxyl groups is 1. The van der Waals surface area contributed by atoms with Gasteiger partial charge in [0, 0.05) is 12.3 Å². The summed E-state index contributed by atoms with van der Waals surface area (Å²) in [5.74, 6) is 0.295. The van der Waals surface area contributed by atoms with E-state index in [2.05, 4.69) is 53.7 Å². The van der Waals surface area contributed by atoms with Gasteiger partial charge in [0.1, 0.15) is 0 Å². The van der Waals surface area contributed by atoms with Crippen LogP contribution in [0.1, 0.15) is 196 Å². The zero-order valence-electron chi connectivity index (χ0n) is 35.4. The summed E-state index contributed by atoms with van der Waals surface area (Å²) in [5.41, 5.74) is 0.142. The van der Waals surface area contributed by atoms with E-state index in [0.717, 1.165) is 70.1 Å². The van der Waals surface area contributed by atoms with Gasteiger partial charge >= 0.3 is 11.9 Å². The first-order chi connectivity index (χ1) is 25.3. The number of carboxylic acids is 2. The van der Waals surface area contributed by atoms with Crippen LogP contribution in [0.15, 0.2) is 23.8 Å². The van der Waals surface area contributed by atoms with Crippen molar-refractivity contribution >= 4 is 17.7 Å². The largest absolute Gasteiger partial charge is 0.481 e. The van der Waals surface area contributed by atoms with Gasteiger partial charge in [-0.05, 0) is 141 Å². The summed E-state index contributed by atoms with van der Waals surface area (Å²) >= 11 is 0. The fourth-order valence-electron chi connectivity index (χ4n) is 13.4. The third-order valence-corrected chi connectivity index (χ3v) is 17.4. The third kappa shape index (κ3) is 8.36. The molecule has 0 spiro atoms. The van der Waals surface area contributed by atoms with Gasteiger partial charge < -0.3 is 15.3 Å². The predicted molar refractivity (Wildman–Crippen MR) is 218 cm³/mol. The van der Waals surface area contributed by atoms with E-state index in [9.17, 15) is 24.6 Å². The van der Waals surface area contributed by atoms with E-state index in [1.807, 2.05) is 13.0 Å². The zero-order valence-corrected chi connectivity index (χ0v) is 35.4. The van der Waals surface area contributed by atoms with E-state index < -0.39 is 17.4 Å². The van der Waals surface area contributed by atoms with Crippen LogP contribution in [0.25, 0.3) is 0 Å². The lowest BCUT2D eigenvalue weighted by atomic mass is 9.33. The van der Waals surface area contributed by atoms with Crippen LogP contribution in [-0.4, -0.2) is 39.1 Å². The van der Waals surface area contributed by atoms with Crippen molar-refractivity contribution in [3.63, 3.8) is 0 Å². The van der Waals surface area contributed by atoms with E-state index in [4.69, 9.17) is 5.11 Å². The van der Waals surface area contributed by atoms with E-state index in [1.165, 1.54) is 76.2 Å². The van der Waals surface area contributed by atoms with Crippen LogP contribution >= 0.6 is 0 Å². The Morgan fingerprint density at radius 1 is 0.741 bits per heavy atom. The van der Waals surface area contributed by atoms with E-state index >= 15 is 0 Å². The van der Waals surface area contributed by atoms with Gasteiger partial charge in [0.25, 0.3) is 0 Å². The number of allylic oxidation sites excluding steroid dienone is 4. The minimum Gasteiger partial charge on any atom is -0.481 e. The number of carboxylic acid groups (broad SMARTS) is 2. The molecule has 3 N–H and O–H groups in total. The summed E-state index contributed by atoms with van der Waals surface area (Å²) in [5, 5.41) is 29.4. The maximum Gasteiger partial charge on any atom is 0.309 e. The lowest BCUT2D eigenvalue weighted by Gasteiger charge is -2.70. The van der Waals surface area contributed by atoms with Gasteiger partial charge in [0.2, 0.25) is 0 Å². The second-order valence-corrected chi connectivity index (χ2v) is 21.2. The molecule has 0 saturated heterocycles. The second-order valence-electron chi connectivity index (χ2n) is 21.2. The van der Waals surface area contributed by atoms with Crippen molar-refractivity contribution in [2.75, 3.05) is 0 Å². The van der Waals surface area contributed by atoms with Gasteiger partial charge in [-0.3, -0.25) is 14.4 Å². The van der Waals surface area contributed by atoms with Crippen LogP contribution in [0.2, 0.25) is 0 Å². The molecule has 0 aromatic carbocycles. The number of hydrogen-bond acceptors (Lipinski definition) is 4. The molecule has 0 radical (unpaired) electrons. The van der Waals surface area contributed by atoms with Gasteiger partial charge in [-0.15, -0.1) is 0 Å². The Morgan fingerprint density at radius 3 is 1.94 bits per heavy atom. The number of aliphatic carboxylic acids is 2. The minimum atomic E-state index is -0.711. The third-order valence-electron chi connectivity index (χ3n) is 17.4. The van der Waals surface area contributed by atoms with Gasteiger partial charge in [0.05, 0.1) is 11.5 Å². The number of carbonyl (C=O) groups is 3. The number of hydrogen-bond donors (Lipinski definition) is 3. The molecule has 6 nitrogen and oxygen atoms in total. The molecule has 0 heterocycles. The summed E-state index contributed by atoms with van der Waals surface area (Å²) in [6.07, 6.45) is 31.9. The van der Waals surface area contributed by atoms with Crippen molar-refractivity contribution in [1.82, 2.24) is 0 Å². The lowest BCUT2D eigenvalue weighted by molar-refractivity contribution is -0.202. The lowest BCUT2D eigenvalue weighted by Crippen LogP contribution is -2.66. The number of rotatable bonds is 14. The number of carbonyl (C=O) groups excluding carboxylic acids is 1. The summed E-state index contributed by atoms with van der Waals surface area (Å²) < 4.78 is 0. The van der Waals surface area contributed by atoms with Crippen molar-refractivity contribution < 1.29 is 29.7 Å². The highest BCUT2D eigenvalue weighted by atomic mass is 16.4. The number of unbranched alkanes of at least 4 members (excludes halogenated alkanes) is 9. The molecule has 6 heteroatoms. The van der Waals surface area contributed by atoms with Crippen molar-refractivity contribution in [3.05, 3.63) is 23.8 Å². The molecule has 0 bridgehead atoms. The summed E-state index contributed by atoms with van der Waals surface area (Å²) in [4.78, 5) is 36.8.